The van der Waals surface area contributed by atoms with Gasteiger partial charge in [-0.05, 0) is 44.5 Å². The van der Waals surface area contributed by atoms with E-state index >= 15 is 0 Å². The van der Waals surface area contributed by atoms with Gasteiger partial charge in [0, 0.05) is 49.0 Å². The number of hydrogen-bond donors (Lipinski definition) is 2. The van der Waals surface area contributed by atoms with Gasteiger partial charge in [-0.2, -0.15) is 0 Å². The molecule has 5 rings (SSSR count). The molecule has 0 bridgehead atoms. The van der Waals surface area contributed by atoms with E-state index in [9.17, 15) is 4.79 Å². The van der Waals surface area contributed by atoms with Crippen molar-refractivity contribution in [3.63, 3.8) is 0 Å². The average Bonchev–Trinajstić information content (AvgIpc) is 3.26. The van der Waals surface area contributed by atoms with Crippen LogP contribution >= 0.6 is 0 Å². The van der Waals surface area contributed by atoms with Crippen LogP contribution < -0.4 is 5.32 Å². The number of ether oxygens (including phenoxy) is 2. The Morgan fingerprint density at radius 2 is 1.81 bits per heavy atom. The van der Waals surface area contributed by atoms with Crippen molar-refractivity contribution in [2.75, 3.05) is 25.0 Å². The Hall–Kier alpha value is -3.96. The Morgan fingerprint density at radius 3 is 2.49 bits per heavy atom. The van der Waals surface area contributed by atoms with Crippen LogP contribution in [0.3, 0.4) is 0 Å². The van der Waals surface area contributed by atoms with Crippen LogP contribution in [-0.4, -0.2) is 72.8 Å². The molecule has 4 aromatic rings. The highest BCUT2D eigenvalue weighted by molar-refractivity contribution is 5.96. The van der Waals surface area contributed by atoms with Crippen LogP contribution in [0.4, 0.5) is 10.7 Å². The minimum atomic E-state index is -0.581. The number of nitrogens with zero attached hydrogens (tertiary/aromatic N) is 6. The van der Waals surface area contributed by atoms with E-state index in [4.69, 9.17) is 9.47 Å². The number of H-pyrrole nitrogens is 1. The molecule has 0 saturated carbocycles. The van der Waals surface area contributed by atoms with E-state index in [0.717, 1.165) is 35.6 Å². The molecule has 2 N–H and O–H groups in total. The van der Waals surface area contributed by atoms with E-state index in [1.165, 1.54) is 0 Å². The molecule has 0 radical (unpaired) electrons. The summed E-state index contributed by atoms with van der Waals surface area (Å²) in [5.74, 6) is 1.56. The molecule has 0 unspecified atom stereocenters. The highest BCUT2D eigenvalue weighted by atomic mass is 16.5. The maximum atomic E-state index is 11.9. The largest absolute Gasteiger partial charge is 0.450 e. The van der Waals surface area contributed by atoms with Crippen molar-refractivity contribution in [2.24, 2.45) is 0 Å². The molecule has 11 heteroatoms. The first-order chi connectivity index (χ1) is 17.5. The minimum Gasteiger partial charge on any atom is -0.450 e. The normalized spacial score (nSPS) is 17.8. The van der Waals surface area contributed by atoms with Crippen LogP contribution in [0.5, 0.6) is 0 Å². The van der Waals surface area contributed by atoms with Crippen LogP contribution in [0.25, 0.3) is 33.5 Å². The lowest BCUT2D eigenvalue weighted by Gasteiger charge is -2.34. The Kier molecular flexibility index (Phi) is 8.04. The van der Waals surface area contributed by atoms with E-state index in [2.05, 4.69) is 54.0 Å². The van der Waals surface area contributed by atoms with E-state index in [-0.39, 0.29) is 32.2 Å². The van der Waals surface area contributed by atoms with Crippen molar-refractivity contribution in [3.05, 3.63) is 48.8 Å². The summed E-state index contributed by atoms with van der Waals surface area (Å²) in [7, 11) is 0. The Balaban J connectivity index is 0.00000320. The predicted octanol–water partition coefficient (Wildman–Crippen LogP) is 4.29. The third-order valence-corrected chi connectivity index (χ3v) is 5.79. The number of fused-ring (bicyclic) bond motifs is 1. The number of aromatic nitrogens is 6. The highest BCUT2D eigenvalue weighted by Crippen LogP contribution is 2.32. The van der Waals surface area contributed by atoms with Crippen molar-refractivity contribution in [2.45, 2.75) is 47.0 Å². The topological polar surface area (TPSA) is 131 Å². The summed E-state index contributed by atoms with van der Waals surface area (Å²) in [4.78, 5) is 39.9. The molecular weight excluding hydrogens is 472 g/mol. The lowest BCUT2D eigenvalue weighted by atomic mass is 10.0. The molecule has 2 atom stereocenters. The standard InChI is InChI=1S/C25H28N8O3.CH4/c1-4-35-25(34)32-24-30-20-9-17(8-19(22(20)31-24)23-26-6-5-7-27-23)18-10-28-21(29-11-18)14-33-12-15(2)36-16(3)13-33;/h5-11,15-16H,4,12-14H2,1-3H3,(H2,30,31,32,34);1H4/t15-,16+;. The zero-order valence-electron chi connectivity index (χ0n) is 20.4. The molecule has 0 aliphatic carbocycles. The number of amides is 1. The second-order valence-electron chi connectivity index (χ2n) is 8.76. The number of morpholine rings is 1. The third kappa shape index (κ3) is 6.07. The zero-order valence-corrected chi connectivity index (χ0v) is 20.4. The summed E-state index contributed by atoms with van der Waals surface area (Å²) in [6, 6.07) is 5.65. The number of anilines is 1. The van der Waals surface area contributed by atoms with E-state index in [0.29, 0.717) is 23.4 Å². The molecule has 194 valence electrons. The van der Waals surface area contributed by atoms with Crippen molar-refractivity contribution in [1.82, 2.24) is 34.8 Å². The Morgan fingerprint density at radius 1 is 1.11 bits per heavy atom. The fourth-order valence-electron chi connectivity index (χ4n) is 4.41. The molecule has 11 nitrogen and oxygen atoms in total. The van der Waals surface area contributed by atoms with Gasteiger partial charge in [-0.15, -0.1) is 0 Å². The fourth-order valence-corrected chi connectivity index (χ4v) is 4.41. The molecule has 1 amide bonds. The molecule has 4 heterocycles. The monoisotopic (exact) mass is 504 g/mol. The number of rotatable bonds is 6. The van der Waals surface area contributed by atoms with Crippen LogP contribution in [0.1, 0.15) is 34.0 Å². The molecule has 1 aliphatic heterocycles. The number of carbonyl (C=O) groups is 1. The Bertz CT molecular complexity index is 1330. The van der Waals surface area contributed by atoms with Gasteiger partial charge < -0.3 is 14.5 Å². The molecule has 1 fully saturated rings. The smallest absolute Gasteiger partial charge is 0.413 e. The second-order valence-corrected chi connectivity index (χ2v) is 8.76. The SMILES string of the molecule is C.CCOC(=O)Nc1nc2c(-c3ncccn3)cc(-c3cnc(CN4C[C@@H](C)O[C@@H](C)C4)nc3)cc2[nH]1. The van der Waals surface area contributed by atoms with Gasteiger partial charge in [0.05, 0.1) is 30.9 Å². The number of benzene rings is 1. The highest BCUT2D eigenvalue weighted by Gasteiger charge is 2.23. The molecule has 3 aromatic heterocycles. The summed E-state index contributed by atoms with van der Waals surface area (Å²) >= 11 is 0. The number of aromatic amines is 1. The summed E-state index contributed by atoms with van der Waals surface area (Å²) in [6.45, 7) is 8.55. The lowest BCUT2D eigenvalue weighted by molar-refractivity contribution is -0.0710. The van der Waals surface area contributed by atoms with Gasteiger partial charge in [-0.25, -0.2) is 29.7 Å². The van der Waals surface area contributed by atoms with Crippen molar-refractivity contribution < 1.29 is 14.3 Å². The molecule has 1 saturated heterocycles. The summed E-state index contributed by atoms with van der Waals surface area (Å²) in [5, 5.41) is 2.62. The fraction of sp³-hybridized carbons (Fsp3) is 0.385. The van der Waals surface area contributed by atoms with Gasteiger partial charge in [0.15, 0.2) is 5.82 Å². The maximum Gasteiger partial charge on any atom is 0.413 e. The van der Waals surface area contributed by atoms with Gasteiger partial charge in [-0.3, -0.25) is 10.2 Å². The first-order valence-electron chi connectivity index (χ1n) is 11.9. The number of nitrogens with one attached hydrogen (secondary N) is 2. The summed E-state index contributed by atoms with van der Waals surface area (Å²) in [5.41, 5.74) is 3.77. The lowest BCUT2D eigenvalue weighted by Crippen LogP contribution is -2.45. The average molecular weight is 505 g/mol. The molecular formula is C26H32N8O3. The predicted molar refractivity (Wildman–Crippen MR) is 141 cm³/mol. The van der Waals surface area contributed by atoms with Gasteiger partial charge in [0.1, 0.15) is 11.3 Å². The number of hydrogen-bond acceptors (Lipinski definition) is 9. The van der Waals surface area contributed by atoms with Crippen LogP contribution in [0, 0.1) is 0 Å². The summed E-state index contributed by atoms with van der Waals surface area (Å²) < 4.78 is 10.8. The van der Waals surface area contributed by atoms with Crippen molar-refractivity contribution in [1.29, 1.82) is 0 Å². The zero-order chi connectivity index (χ0) is 25.1. The molecule has 1 aliphatic rings. The second kappa shape index (κ2) is 11.4. The molecule has 0 spiro atoms. The van der Waals surface area contributed by atoms with Crippen molar-refractivity contribution >= 4 is 23.1 Å². The van der Waals surface area contributed by atoms with E-state index < -0.39 is 6.09 Å². The van der Waals surface area contributed by atoms with E-state index in [1.54, 1.807) is 25.4 Å². The van der Waals surface area contributed by atoms with Gasteiger partial charge >= 0.3 is 6.09 Å². The molecule has 37 heavy (non-hydrogen) atoms. The first-order valence-corrected chi connectivity index (χ1v) is 11.9. The number of carbonyl (C=O) groups excluding carboxylic acids is 1. The summed E-state index contributed by atoms with van der Waals surface area (Å²) in [6.07, 6.45) is 6.79. The van der Waals surface area contributed by atoms with Crippen LogP contribution in [-0.2, 0) is 16.0 Å². The van der Waals surface area contributed by atoms with E-state index in [1.807, 2.05) is 24.5 Å². The minimum absolute atomic E-state index is 0. The van der Waals surface area contributed by atoms with Crippen LogP contribution in [0.2, 0.25) is 0 Å². The van der Waals surface area contributed by atoms with Crippen molar-refractivity contribution in [3.8, 4) is 22.5 Å². The number of imidazole rings is 1. The van der Waals surface area contributed by atoms with Gasteiger partial charge in [-0.1, -0.05) is 7.43 Å². The Labute approximate surface area is 215 Å². The van der Waals surface area contributed by atoms with Gasteiger partial charge in [0.2, 0.25) is 5.95 Å². The quantitative estimate of drug-likeness (QED) is 0.395. The third-order valence-electron chi connectivity index (χ3n) is 5.79. The molecule has 1 aromatic carbocycles. The van der Waals surface area contributed by atoms with Crippen LogP contribution in [0.15, 0.2) is 43.0 Å². The van der Waals surface area contributed by atoms with Gasteiger partial charge in [0.25, 0.3) is 0 Å². The first kappa shape index (κ1) is 26.1. The maximum absolute atomic E-state index is 11.9.